The van der Waals surface area contributed by atoms with Crippen LogP contribution in [0.1, 0.15) is 37.6 Å². The quantitative estimate of drug-likeness (QED) is 0.538. The smallest absolute Gasteiger partial charge is 0.293 e. The Kier molecular flexibility index (Phi) is 5.99. The van der Waals surface area contributed by atoms with E-state index < -0.39 is 14.9 Å². The molecule has 0 amide bonds. The number of nitrogens with one attached hydrogen (secondary N) is 2. The highest BCUT2D eigenvalue weighted by atomic mass is 32.2. The Morgan fingerprint density at radius 1 is 1.29 bits per heavy atom. The summed E-state index contributed by atoms with van der Waals surface area (Å²) in [4.78, 5) is 11.0. The molecule has 2 aromatic rings. The summed E-state index contributed by atoms with van der Waals surface area (Å²) in [5.74, 6) is 0. The van der Waals surface area contributed by atoms with Crippen molar-refractivity contribution in [2.75, 3.05) is 18.4 Å². The fraction of sp³-hybridized carbons (Fsp3) is 0.500. The summed E-state index contributed by atoms with van der Waals surface area (Å²) >= 11 is 0. The Hall–Kier alpha value is -2.46. The molecular formula is C18H25N5O4S. The van der Waals surface area contributed by atoms with E-state index in [2.05, 4.69) is 15.5 Å². The van der Waals surface area contributed by atoms with Crippen LogP contribution in [0.4, 0.5) is 11.4 Å². The number of aryl methyl sites for hydroxylation is 1. The van der Waals surface area contributed by atoms with Crippen LogP contribution in [-0.4, -0.2) is 47.0 Å². The van der Waals surface area contributed by atoms with Crippen LogP contribution in [0.15, 0.2) is 29.2 Å². The van der Waals surface area contributed by atoms with Gasteiger partial charge in [-0.3, -0.25) is 15.2 Å². The minimum Gasteiger partial charge on any atom is -0.377 e. The highest BCUT2D eigenvalue weighted by Gasteiger charge is 2.28. The fourth-order valence-electron chi connectivity index (χ4n) is 3.41. The lowest BCUT2D eigenvalue weighted by Gasteiger charge is -2.26. The zero-order valence-corrected chi connectivity index (χ0v) is 16.8. The average molecular weight is 407 g/mol. The van der Waals surface area contributed by atoms with Crippen molar-refractivity contribution in [3.8, 4) is 0 Å². The first-order valence-corrected chi connectivity index (χ1v) is 10.8. The molecule has 1 aromatic heterocycles. The van der Waals surface area contributed by atoms with Crippen molar-refractivity contribution in [3.05, 3.63) is 45.8 Å². The van der Waals surface area contributed by atoms with E-state index in [9.17, 15) is 18.5 Å². The van der Waals surface area contributed by atoms with Crippen LogP contribution in [-0.2, 0) is 16.4 Å². The number of nitro benzene ring substituents is 1. The van der Waals surface area contributed by atoms with Gasteiger partial charge >= 0.3 is 0 Å². The summed E-state index contributed by atoms with van der Waals surface area (Å²) in [7, 11) is -3.72. The van der Waals surface area contributed by atoms with Gasteiger partial charge in [0.2, 0.25) is 10.0 Å². The minimum atomic E-state index is -3.72. The van der Waals surface area contributed by atoms with Crippen LogP contribution in [0.3, 0.4) is 0 Å². The number of piperidine rings is 1. The van der Waals surface area contributed by atoms with Gasteiger partial charge in [0.25, 0.3) is 5.69 Å². The van der Waals surface area contributed by atoms with Crippen molar-refractivity contribution in [1.82, 2.24) is 14.5 Å². The minimum absolute atomic E-state index is 0.0396. The maximum Gasteiger partial charge on any atom is 0.293 e. The molecule has 152 valence electrons. The molecule has 1 aliphatic heterocycles. The molecular weight excluding hydrogens is 382 g/mol. The van der Waals surface area contributed by atoms with Gasteiger partial charge in [0.1, 0.15) is 5.69 Å². The molecule has 1 aromatic carbocycles. The van der Waals surface area contributed by atoms with Crippen LogP contribution in [0.5, 0.6) is 0 Å². The maximum absolute atomic E-state index is 12.8. The molecule has 9 nitrogen and oxygen atoms in total. The Morgan fingerprint density at radius 2 is 2.00 bits per heavy atom. The number of sulfonamides is 1. The molecule has 1 atom stereocenters. The van der Waals surface area contributed by atoms with Crippen molar-refractivity contribution in [2.24, 2.45) is 0 Å². The van der Waals surface area contributed by atoms with E-state index in [-0.39, 0.29) is 16.6 Å². The molecule has 0 radical (unpaired) electrons. The molecule has 0 spiro atoms. The third-order valence-corrected chi connectivity index (χ3v) is 6.69. The Labute approximate surface area is 164 Å². The van der Waals surface area contributed by atoms with Crippen LogP contribution in [0.25, 0.3) is 0 Å². The lowest BCUT2D eigenvalue weighted by atomic mass is 10.1. The van der Waals surface area contributed by atoms with Crippen molar-refractivity contribution in [1.29, 1.82) is 0 Å². The van der Waals surface area contributed by atoms with Crippen molar-refractivity contribution >= 4 is 21.4 Å². The summed E-state index contributed by atoms with van der Waals surface area (Å²) in [6.45, 7) is 4.71. The number of benzene rings is 1. The fourth-order valence-corrected chi connectivity index (χ4v) is 4.95. The number of rotatable bonds is 7. The number of hydrogen-bond donors (Lipinski definition) is 2. The number of H-pyrrole nitrogens is 1. The number of anilines is 1. The van der Waals surface area contributed by atoms with Gasteiger partial charge in [0.05, 0.1) is 15.5 Å². The molecule has 0 bridgehead atoms. The van der Waals surface area contributed by atoms with E-state index in [1.807, 2.05) is 19.9 Å². The monoisotopic (exact) mass is 407 g/mol. The Balaban J connectivity index is 1.81. The molecule has 1 unspecified atom stereocenters. The number of nitro groups is 1. The maximum atomic E-state index is 12.8. The molecule has 2 heterocycles. The zero-order chi connectivity index (χ0) is 20.3. The molecule has 1 fully saturated rings. The van der Waals surface area contributed by atoms with E-state index in [4.69, 9.17) is 0 Å². The summed E-state index contributed by atoms with van der Waals surface area (Å²) in [5.41, 5.74) is 1.84. The van der Waals surface area contributed by atoms with Crippen LogP contribution >= 0.6 is 0 Å². The van der Waals surface area contributed by atoms with Crippen LogP contribution < -0.4 is 5.32 Å². The largest absolute Gasteiger partial charge is 0.377 e. The number of nitrogens with zero attached hydrogens (tertiary/aromatic N) is 3. The summed E-state index contributed by atoms with van der Waals surface area (Å²) in [6.07, 6.45) is 3.20. The number of aromatic nitrogens is 2. The van der Waals surface area contributed by atoms with Gasteiger partial charge in [-0.25, -0.2) is 8.42 Å². The number of hydrogen-bond acceptors (Lipinski definition) is 6. The van der Waals surface area contributed by atoms with Crippen molar-refractivity contribution in [3.63, 3.8) is 0 Å². The predicted molar refractivity (Wildman–Crippen MR) is 106 cm³/mol. The predicted octanol–water partition coefficient (Wildman–Crippen LogP) is 2.84. The average Bonchev–Trinajstić information content (AvgIpc) is 3.07. The van der Waals surface area contributed by atoms with Gasteiger partial charge in [-0.2, -0.15) is 9.40 Å². The van der Waals surface area contributed by atoms with E-state index in [0.29, 0.717) is 25.2 Å². The van der Waals surface area contributed by atoms with Gasteiger partial charge < -0.3 is 5.32 Å². The van der Waals surface area contributed by atoms with E-state index in [0.717, 1.165) is 36.7 Å². The molecule has 3 rings (SSSR count). The molecule has 0 saturated carbocycles. The molecule has 2 N–H and O–H groups in total. The van der Waals surface area contributed by atoms with Gasteiger partial charge in [-0.1, -0.05) is 6.42 Å². The lowest BCUT2D eigenvalue weighted by molar-refractivity contribution is -0.384. The number of aromatic amines is 1. The highest BCUT2D eigenvalue weighted by Crippen LogP contribution is 2.30. The van der Waals surface area contributed by atoms with Gasteiger partial charge in [0, 0.05) is 37.3 Å². The summed E-state index contributed by atoms with van der Waals surface area (Å²) in [5, 5.41) is 21.7. The van der Waals surface area contributed by atoms with Crippen molar-refractivity contribution in [2.45, 2.75) is 50.5 Å². The van der Waals surface area contributed by atoms with E-state index in [1.54, 1.807) is 0 Å². The molecule has 10 heteroatoms. The van der Waals surface area contributed by atoms with Gasteiger partial charge in [-0.15, -0.1) is 0 Å². The first-order valence-electron chi connectivity index (χ1n) is 9.33. The first kappa shape index (κ1) is 20.3. The van der Waals surface area contributed by atoms with Crippen LogP contribution in [0.2, 0.25) is 0 Å². The second-order valence-corrected chi connectivity index (χ2v) is 9.13. The van der Waals surface area contributed by atoms with Gasteiger partial charge in [0.15, 0.2) is 0 Å². The second-order valence-electron chi connectivity index (χ2n) is 7.19. The summed E-state index contributed by atoms with van der Waals surface area (Å²) < 4.78 is 27.0. The normalized spacial score (nSPS) is 16.6. The molecule has 28 heavy (non-hydrogen) atoms. The van der Waals surface area contributed by atoms with E-state index >= 15 is 0 Å². The second kappa shape index (κ2) is 8.27. The highest BCUT2D eigenvalue weighted by molar-refractivity contribution is 7.89. The first-order chi connectivity index (χ1) is 13.3. The van der Waals surface area contributed by atoms with Crippen LogP contribution in [0, 0.1) is 17.0 Å². The lowest BCUT2D eigenvalue weighted by Crippen LogP contribution is -2.35. The SMILES string of the molecule is Cc1cc(CC(C)Nc2ccc(S(=O)(=O)N3CCCCC3)cc2[N+](=O)[O-])n[nH]1. The molecule has 0 aliphatic carbocycles. The third kappa shape index (κ3) is 4.50. The topological polar surface area (TPSA) is 121 Å². The van der Waals surface area contributed by atoms with E-state index in [1.165, 1.54) is 16.4 Å². The Bertz CT molecular complexity index is 951. The third-order valence-electron chi connectivity index (χ3n) is 4.79. The summed E-state index contributed by atoms with van der Waals surface area (Å²) in [6, 6.07) is 5.86. The molecule has 1 saturated heterocycles. The molecule has 1 aliphatic rings. The van der Waals surface area contributed by atoms with Crippen molar-refractivity contribution < 1.29 is 13.3 Å². The standard InChI is InChI=1S/C18H25N5O4S/c1-13(10-15-11-14(2)20-21-15)19-17-7-6-16(12-18(17)23(24)25)28(26,27)22-8-4-3-5-9-22/h6-7,11-13,19H,3-5,8-10H2,1-2H3,(H,20,21). The zero-order valence-electron chi connectivity index (χ0n) is 16.0. The van der Waals surface area contributed by atoms with Gasteiger partial charge in [-0.05, 0) is 44.9 Å². The Morgan fingerprint density at radius 3 is 2.61 bits per heavy atom.